The molecule has 3 rings (SSSR count). The van der Waals surface area contributed by atoms with Crippen LogP contribution in [0, 0.1) is 23.0 Å². The second-order valence-electron chi connectivity index (χ2n) is 6.28. The number of hydrogen-bond donors (Lipinski definition) is 1. The normalized spacial score (nSPS) is 13.9. The Bertz CT molecular complexity index is 865. The first-order valence-electron chi connectivity index (χ1n) is 8.54. The van der Waals surface area contributed by atoms with Crippen molar-refractivity contribution >= 4 is 17.4 Å². The molecule has 0 aliphatic carbocycles. The number of nitriles is 1. The maximum absolute atomic E-state index is 14.0. The van der Waals surface area contributed by atoms with Gasteiger partial charge in [0.1, 0.15) is 28.7 Å². The highest BCUT2D eigenvalue weighted by Gasteiger charge is 2.26. The lowest BCUT2D eigenvalue weighted by atomic mass is 9.96. The number of pyridine rings is 1. The van der Waals surface area contributed by atoms with Crippen molar-refractivity contribution < 1.29 is 13.5 Å². The van der Waals surface area contributed by atoms with Crippen LogP contribution in [0.4, 0.5) is 14.6 Å². The standard InChI is InChI=1S/C19H19ClF2N4O/c1-27-8-6-24-19-14-10-26(11-15-16(21)3-2-4-17(15)22)7-5-12(14)13(9-23)18(20)25-19/h2-4H,5-8,10-11H2,1H3,(H,24,25). The first kappa shape index (κ1) is 19.5. The Morgan fingerprint density at radius 1 is 1.33 bits per heavy atom. The van der Waals surface area contributed by atoms with Gasteiger partial charge in [0.25, 0.3) is 0 Å². The first-order valence-corrected chi connectivity index (χ1v) is 8.92. The molecule has 1 aliphatic rings. The second kappa shape index (κ2) is 8.61. The van der Waals surface area contributed by atoms with E-state index in [1.165, 1.54) is 18.2 Å². The molecule has 0 atom stereocenters. The van der Waals surface area contributed by atoms with Crippen LogP contribution in [-0.4, -0.2) is 36.7 Å². The van der Waals surface area contributed by atoms with Gasteiger partial charge in [-0.25, -0.2) is 13.8 Å². The van der Waals surface area contributed by atoms with Crippen LogP contribution in [0.2, 0.25) is 5.15 Å². The number of nitrogens with zero attached hydrogens (tertiary/aromatic N) is 3. The van der Waals surface area contributed by atoms with Gasteiger partial charge in [0, 0.05) is 44.4 Å². The minimum absolute atomic E-state index is 0.0391. The van der Waals surface area contributed by atoms with Gasteiger partial charge in [0.2, 0.25) is 0 Å². The van der Waals surface area contributed by atoms with Gasteiger partial charge >= 0.3 is 0 Å². The molecule has 1 aromatic heterocycles. The Morgan fingerprint density at radius 2 is 2.07 bits per heavy atom. The average Bonchev–Trinajstić information content (AvgIpc) is 2.65. The van der Waals surface area contributed by atoms with E-state index in [0.29, 0.717) is 44.0 Å². The molecule has 1 aliphatic heterocycles. The quantitative estimate of drug-likeness (QED) is 0.602. The van der Waals surface area contributed by atoms with Gasteiger partial charge in [-0.3, -0.25) is 4.90 Å². The highest BCUT2D eigenvalue weighted by molar-refractivity contribution is 6.30. The fourth-order valence-corrected chi connectivity index (χ4v) is 3.47. The fourth-order valence-electron chi connectivity index (χ4n) is 3.23. The lowest BCUT2D eigenvalue weighted by Gasteiger charge is -2.31. The third-order valence-corrected chi connectivity index (χ3v) is 4.86. The van der Waals surface area contributed by atoms with Gasteiger partial charge in [-0.2, -0.15) is 5.26 Å². The number of halogens is 3. The number of fused-ring (bicyclic) bond motifs is 1. The molecule has 0 fully saturated rings. The van der Waals surface area contributed by atoms with E-state index in [4.69, 9.17) is 16.3 Å². The fraction of sp³-hybridized carbons (Fsp3) is 0.368. The molecule has 142 valence electrons. The number of methoxy groups -OCH3 is 1. The van der Waals surface area contributed by atoms with Crippen LogP contribution in [-0.2, 0) is 24.2 Å². The number of rotatable bonds is 6. The smallest absolute Gasteiger partial charge is 0.149 e. The Labute approximate surface area is 161 Å². The predicted molar refractivity (Wildman–Crippen MR) is 98.5 cm³/mol. The van der Waals surface area contributed by atoms with Crippen molar-refractivity contribution in [3.63, 3.8) is 0 Å². The molecule has 0 radical (unpaired) electrons. The molecule has 1 N–H and O–H groups in total. The summed E-state index contributed by atoms with van der Waals surface area (Å²) < 4.78 is 33.0. The summed E-state index contributed by atoms with van der Waals surface area (Å²) >= 11 is 6.17. The van der Waals surface area contributed by atoms with Crippen LogP contribution in [0.3, 0.4) is 0 Å². The Morgan fingerprint density at radius 3 is 2.74 bits per heavy atom. The Hall–Kier alpha value is -2.27. The maximum Gasteiger partial charge on any atom is 0.149 e. The molecule has 0 amide bonds. The molecular formula is C19H19ClF2N4O. The summed E-state index contributed by atoms with van der Waals surface area (Å²) in [6.07, 6.45) is 0.551. The molecule has 0 saturated carbocycles. The zero-order valence-corrected chi connectivity index (χ0v) is 15.6. The van der Waals surface area contributed by atoms with Crippen LogP contribution in [0.1, 0.15) is 22.3 Å². The molecule has 0 bridgehead atoms. The minimum Gasteiger partial charge on any atom is -0.383 e. The molecule has 0 spiro atoms. The van der Waals surface area contributed by atoms with Crippen LogP contribution in [0.25, 0.3) is 0 Å². The summed E-state index contributed by atoms with van der Waals surface area (Å²) in [6.45, 7) is 2.13. The van der Waals surface area contributed by atoms with Crippen molar-refractivity contribution in [1.82, 2.24) is 9.88 Å². The summed E-state index contributed by atoms with van der Waals surface area (Å²) in [7, 11) is 1.60. The van der Waals surface area contributed by atoms with E-state index in [1.54, 1.807) is 7.11 Å². The highest BCUT2D eigenvalue weighted by Crippen LogP contribution is 2.32. The monoisotopic (exact) mass is 392 g/mol. The van der Waals surface area contributed by atoms with Gasteiger partial charge in [-0.15, -0.1) is 0 Å². The number of nitrogens with one attached hydrogen (secondary N) is 1. The highest BCUT2D eigenvalue weighted by atomic mass is 35.5. The second-order valence-corrected chi connectivity index (χ2v) is 6.63. The molecule has 8 heteroatoms. The molecule has 0 unspecified atom stereocenters. The van der Waals surface area contributed by atoms with Crippen LogP contribution < -0.4 is 5.32 Å². The molecule has 0 saturated heterocycles. The molecular weight excluding hydrogens is 374 g/mol. The van der Waals surface area contributed by atoms with Gasteiger partial charge in [-0.1, -0.05) is 17.7 Å². The summed E-state index contributed by atoms with van der Waals surface area (Å²) in [6, 6.07) is 5.97. The molecule has 1 aromatic carbocycles. The van der Waals surface area contributed by atoms with Crippen LogP contribution >= 0.6 is 11.6 Å². The molecule has 2 aromatic rings. The topological polar surface area (TPSA) is 61.2 Å². The van der Waals surface area contributed by atoms with Gasteiger partial charge in [0.15, 0.2) is 0 Å². The Balaban J connectivity index is 1.90. The zero-order valence-electron chi connectivity index (χ0n) is 14.9. The number of ether oxygens (including phenoxy) is 1. The zero-order chi connectivity index (χ0) is 19.4. The lowest BCUT2D eigenvalue weighted by Crippen LogP contribution is -2.32. The van der Waals surface area contributed by atoms with E-state index in [2.05, 4.69) is 16.4 Å². The maximum atomic E-state index is 14.0. The molecule has 5 nitrogen and oxygen atoms in total. The summed E-state index contributed by atoms with van der Waals surface area (Å²) in [5, 5.41) is 12.8. The van der Waals surface area contributed by atoms with Crippen molar-refractivity contribution in [3.8, 4) is 6.07 Å². The number of hydrogen-bond acceptors (Lipinski definition) is 5. The lowest BCUT2D eigenvalue weighted by molar-refractivity contribution is 0.210. The van der Waals surface area contributed by atoms with Crippen molar-refractivity contribution in [3.05, 3.63) is 57.2 Å². The number of benzene rings is 1. The van der Waals surface area contributed by atoms with E-state index in [9.17, 15) is 14.0 Å². The van der Waals surface area contributed by atoms with Crippen molar-refractivity contribution in [2.75, 3.05) is 32.1 Å². The van der Waals surface area contributed by atoms with E-state index >= 15 is 0 Å². The van der Waals surface area contributed by atoms with Crippen molar-refractivity contribution in [1.29, 1.82) is 5.26 Å². The predicted octanol–water partition coefficient (Wildman–Crippen LogP) is 3.50. The summed E-state index contributed by atoms with van der Waals surface area (Å²) in [5.41, 5.74) is 2.07. The van der Waals surface area contributed by atoms with Crippen LogP contribution in [0.5, 0.6) is 0 Å². The van der Waals surface area contributed by atoms with Crippen LogP contribution in [0.15, 0.2) is 18.2 Å². The number of aromatic nitrogens is 1. The SMILES string of the molecule is COCCNc1nc(Cl)c(C#N)c2c1CN(Cc1c(F)cccc1F)CC2. The van der Waals surface area contributed by atoms with E-state index in [-0.39, 0.29) is 17.3 Å². The van der Waals surface area contributed by atoms with Crippen molar-refractivity contribution in [2.24, 2.45) is 0 Å². The summed E-state index contributed by atoms with van der Waals surface area (Å²) in [5.74, 6) is -0.554. The largest absolute Gasteiger partial charge is 0.383 e. The number of anilines is 1. The van der Waals surface area contributed by atoms with Gasteiger partial charge in [0.05, 0.1) is 12.2 Å². The van der Waals surface area contributed by atoms with E-state index in [0.717, 1.165) is 11.1 Å². The average molecular weight is 393 g/mol. The third kappa shape index (κ3) is 4.19. The van der Waals surface area contributed by atoms with E-state index in [1.807, 2.05) is 4.90 Å². The van der Waals surface area contributed by atoms with Gasteiger partial charge in [-0.05, 0) is 24.1 Å². The first-order chi connectivity index (χ1) is 13.0. The van der Waals surface area contributed by atoms with Crippen molar-refractivity contribution in [2.45, 2.75) is 19.5 Å². The third-order valence-electron chi connectivity index (χ3n) is 4.58. The van der Waals surface area contributed by atoms with E-state index < -0.39 is 11.6 Å². The Kier molecular flexibility index (Phi) is 6.22. The molecule has 2 heterocycles. The summed E-state index contributed by atoms with van der Waals surface area (Å²) in [4.78, 5) is 6.24. The minimum atomic E-state index is -0.564. The van der Waals surface area contributed by atoms with Gasteiger partial charge < -0.3 is 10.1 Å². The molecule has 27 heavy (non-hydrogen) atoms.